The Hall–Kier alpha value is -1.14. The summed E-state index contributed by atoms with van der Waals surface area (Å²) in [6.45, 7) is 0.283. The molecule has 2 N–H and O–H groups in total. The number of rotatable bonds is 1. The fraction of sp³-hybridized carbons (Fsp3) is 0.333. The predicted molar refractivity (Wildman–Crippen MR) is 52.8 cm³/mol. The quantitative estimate of drug-likeness (QED) is 0.838. The molecule has 1 aliphatic rings. The lowest BCUT2D eigenvalue weighted by Gasteiger charge is -2.10. The van der Waals surface area contributed by atoms with Crippen LogP contribution in [0.25, 0.3) is 0 Å². The molecule has 1 aromatic rings. The van der Waals surface area contributed by atoms with Gasteiger partial charge in [0.15, 0.2) is 0 Å². The maximum atomic E-state index is 11.9. The second-order valence-corrected chi connectivity index (χ2v) is 3.16. The van der Waals surface area contributed by atoms with Gasteiger partial charge in [-0.05, 0) is 18.2 Å². The van der Waals surface area contributed by atoms with Gasteiger partial charge in [-0.3, -0.25) is 0 Å². The Bertz CT molecular complexity index is 384. The van der Waals surface area contributed by atoms with Crippen molar-refractivity contribution in [1.29, 1.82) is 0 Å². The molecule has 1 atom stereocenters. The van der Waals surface area contributed by atoms with Gasteiger partial charge in [0.25, 0.3) is 0 Å². The minimum Gasteiger partial charge on any atom is -0.491 e. The molecule has 0 spiro atoms. The Kier molecular flexibility index (Phi) is 3.54. The van der Waals surface area contributed by atoms with E-state index in [1.807, 2.05) is 0 Å². The van der Waals surface area contributed by atoms with Gasteiger partial charge < -0.3 is 15.2 Å². The van der Waals surface area contributed by atoms with Crippen LogP contribution in [0.1, 0.15) is 11.6 Å². The Morgan fingerprint density at radius 2 is 2.06 bits per heavy atom. The molecule has 90 valence electrons. The molecule has 2 rings (SSSR count). The number of fused-ring (bicyclic) bond motifs is 1. The Morgan fingerprint density at radius 3 is 2.69 bits per heavy atom. The van der Waals surface area contributed by atoms with E-state index in [1.165, 1.54) is 18.2 Å². The van der Waals surface area contributed by atoms with E-state index in [9.17, 15) is 13.2 Å². The van der Waals surface area contributed by atoms with Crippen LogP contribution in [-0.2, 0) is 0 Å². The summed E-state index contributed by atoms with van der Waals surface area (Å²) in [5, 5.41) is 0. The summed E-state index contributed by atoms with van der Waals surface area (Å²) in [5.74, 6) is 0.235. The maximum absolute atomic E-state index is 11.9. The highest BCUT2D eigenvalue weighted by atomic mass is 35.5. The van der Waals surface area contributed by atoms with Crippen LogP contribution in [0.15, 0.2) is 18.2 Å². The molecule has 0 amide bonds. The average Bonchev–Trinajstić information content (AvgIpc) is 2.45. The van der Waals surface area contributed by atoms with E-state index in [2.05, 4.69) is 4.74 Å². The van der Waals surface area contributed by atoms with Gasteiger partial charge in [0.2, 0.25) is 0 Å². The summed E-state index contributed by atoms with van der Waals surface area (Å²) < 4.78 is 44.6. The van der Waals surface area contributed by atoms with Gasteiger partial charge in [0, 0.05) is 5.56 Å². The zero-order chi connectivity index (χ0) is 11.1. The lowest BCUT2D eigenvalue weighted by atomic mass is 10.1. The second-order valence-electron chi connectivity index (χ2n) is 3.16. The van der Waals surface area contributed by atoms with Crippen molar-refractivity contribution in [2.24, 2.45) is 5.73 Å². The van der Waals surface area contributed by atoms with E-state index in [0.29, 0.717) is 11.3 Å². The van der Waals surface area contributed by atoms with Crippen molar-refractivity contribution in [3.8, 4) is 11.5 Å². The van der Waals surface area contributed by atoms with Crippen LogP contribution in [0, 0.1) is 0 Å². The fourth-order valence-corrected chi connectivity index (χ4v) is 1.41. The van der Waals surface area contributed by atoms with E-state index in [4.69, 9.17) is 10.5 Å². The van der Waals surface area contributed by atoms with Crippen LogP contribution in [0.5, 0.6) is 11.5 Å². The summed E-state index contributed by atoms with van der Waals surface area (Å²) in [4.78, 5) is 0. The number of alkyl halides is 3. The number of hydrogen-bond donors (Lipinski definition) is 1. The summed E-state index contributed by atoms with van der Waals surface area (Å²) in [7, 11) is 0. The van der Waals surface area contributed by atoms with Crippen LogP contribution in [-0.4, -0.2) is 13.0 Å². The smallest absolute Gasteiger partial charge is 0.491 e. The summed E-state index contributed by atoms with van der Waals surface area (Å²) in [6.07, 6.45) is -4.68. The zero-order valence-corrected chi connectivity index (χ0v) is 8.77. The Morgan fingerprint density at radius 1 is 1.38 bits per heavy atom. The minimum atomic E-state index is -4.68. The van der Waals surface area contributed by atoms with Gasteiger partial charge in [-0.15, -0.1) is 25.6 Å². The topological polar surface area (TPSA) is 44.5 Å². The van der Waals surface area contributed by atoms with Crippen LogP contribution in [0.2, 0.25) is 0 Å². The lowest BCUT2D eigenvalue weighted by Crippen LogP contribution is -2.17. The van der Waals surface area contributed by atoms with Crippen molar-refractivity contribution < 1.29 is 22.6 Å². The fourth-order valence-electron chi connectivity index (χ4n) is 1.41. The SMILES string of the molecule is Cl.N[C@@H]1COc2ccc(OC(F)(F)F)cc21. The number of nitrogens with two attached hydrogens (primary N) is 1. The molecule has 1 heterocycles. The molecule has 16 heavy (non-hydrogen) atoms. The highest BCUT2D eigenvalue weighted by Gasteiger charge is 2.32. The first-order valence-corrected chi connectivity index (χ1v) is 4.24. The van der Waals surface area contributed by atoms with Crippen LogP contribution >= 0.6 is 12.4 Å². The first-order valence-electron chi connectivity index (χ1n) is 4.24. The van der Waals surface area contributed by atoms with Crippen molar-refractivity contribution >= 4 is 12.4 Å². The summed E-state index contributed by atoms with van der Waals surface area (Å²) >= 11 is 0. The van der Waals surface area contributed by atoms with E-state index in [0.717, 1.165) is 0 Å². The van der Waals surface area contributed by atoms with E-state index >= 15 is 0 Å². The third kappa shape index (κ3) is 2.70. The molecule has 3 nitrogen and oxygen atoms in total. The monoisotopic (exact) mass is 255 g/mol. The van der Waals surface area contributed by atoms with Crippen molar-refractivity contribution in [3.05, 3.63) is 23.8 Å². The molecular formula is C9H9ClF3NO2. The van der Waals surface area contributed by atoms with Crippen molar-refractivity contribution in [1.82, 2.24) is 0 Å². The number of halogens is 4. The standard InChI is InChI=1S/C9H8F3NO2.ClH/c10-9(11,12)15-5-1-2-8-6(3-5)7(13)4-14-8;/h1-3,7H,4,13H2;1H/t7-;/m1./s1. The number of hydrogen-bond acceptors (Lipinski definition) is 3. The van der Waals surface area contributed by atoms with Gasteiger partial charge in [0.1, 0.15) is 18.1 Å². The van der Waals surface area contributed by atoms with Gasteiger partial charge in [-0.2, -0.15) is 0 Å². The zero-order valence-electron chi connectivity index (χ0n) is 7.95. The molecule has 0 radical (unpaired) electrons. The summed E-state index contributed by atoms with van der Waals surface area (Å²) in [5.41, 5.74) is 6.16. The molecule has 0 saturated carbocycles. The normalized spacial score (nSPS) is 18.4. The molecule has 0 saturated heterocycles. The Balaban J connectivity index is 0.00000128. The average molecular weight is 256 g/mol. The molecule has 7 heteroatoms. The van der Waals surface area contributed by atoms with E-state index in [-0.39, 0.29) is 24.8 Å². The molecular weight excluding hydrogens is 247 g/mol. The molecule has 0 aliphatic carbocycles. The molecule has 1 aromatic carbocycles. The third-order valence-corrected chi connectivity index (χ3v) is 2.03. The number of benzene rings is 1. The highest BCUT2D eigenvalue weighted by molar-refractivity contribution is 5.85. The molecule has 1 aliphatic heterocycles. The third-order valence-electron chi connectivity index (χ3n) is 2.03. The molecule has 0 unspecified atom stereocenters. The molecule has 0 bridgehead atoms. The van der Waals surface area contributed by atoms with Crippen molar-refractivity contribution in [3.63, 3.8) is 0 Å². The number of ether oxygens (including phenoxy) is 2. The van der Waals surface area contributed by atoms with E-state index in [1.54, 1.807) is 0 Å². The second kappa shape index (κ2) is 4.39. The maximum Gasteiger partial charge on any atom is 0.573 e. The van der Waals surface area contributed by atoms with Crippen LogP contribution in [0.3, 0.4) is 0 Å². The molecule has 0 fully saturated rings. The highest BCUT2D eigenvalue weighted by Crippen LogP contribution is 2.35. The molecule has 0 aromatic heterocycles. The largest absolute Gasteiger partial charge is 0.573 e. The van der Waals surface area contributed by atoms with Crippen molar-refractivity contribution in [2.45, 2.75) is 12.4 Å². The van der Waals surface area contributed by atoms with Crippen LogP contribution in [0.4, 0.5) is 13.2 Å². The Labute approximate surface area is 95.7 Å². The summed E-state index contributed by atoms with van der Waals surface area (Å²) in [6, 6.07) is 3.48. The van der Waals surface area contributed by atoms with Gasteiger partial charge in [0.05, 0.1) is 6.04 Å². The first kappa shape index (κ1) is 12.9. The first-order chi connectivity index (χ1) is 6.96. The van der Waals surface area contributed by atoms with Gasteiger partial charge in [-0.25, -0.2) is 0 Å². The van der Waals surface area contributed by atoms with E-state index < -0.39 is 12.4 Å². The van der Waals surface area contributed by atoms with Gasteiger partial charge in [-0.1, -0.05) is 0 Å². The van der Waals surface area contributed by atoms with Crippen molar-refractivity contribution in [2.75, 3.05) is 6.61 Å². The lowest BCUT2D eigenvalue weighted by molar-refractivity contribution is -0.274. The van der Waals surface area contributed by atoms with Crippen LogP contribution < -0.4 is 15.2 Å². The predicted octanol–water partition coefficient (Wildman–Crippen LogP) is 2.40. The minimum absolute atomic E-state index is 0. The van der Waals surface area contributed by atoms with Gasteiger partial charge >= 0.3 is 6.36 Å².